The molecule has 0 amide bonds. The summed E-state index contributed by atoms with van der Waals surface area (Å²) < 4.78 is 0. The Bertz CT molecular complexity index is 211. The number of hydrogen-bond acceptors (Lipinski definition) is 3. The summed E-state index contributed by atoms with van der Waals surface area (Å²) in [5.41, 5.74) is 1.65. The van der Waals surface area contributed by atoms with Gasteiger partial charge < -0.3 is 15.4 Å². The van der Waals surface area contributed by atoms with Crippen molar-refractivity contribution in [3.8, 4) is 0 Å². The maximum atomic E-state index is 8.99. The Morgan fingerprint density at radius 3 is 2.67 bits per heavy atom. The van der Waals surface area contributed by atoms with Crippen molar-refractivity contribution < 1.29 is 10.0 Å². The molecule has 4 heteroatoms. The van der Waals surface area contributed by atoms with Gasteiger partial charge in [0.2, 0.25) is 0 Å². The van der Waals surface area contributed by atoms with Gasteiger partial charge in [0.1, 0.15) is 0 Å². The molecule has 0 spiro atoms. The summed E-state index contributed by atoms with van der Waals surface area (Å²) >= 11 is 0. The largest absolute Gasteiger partial charge is 0.488 e. The first-order chi connectivity index (χ1) is 5.75. The van der Waals surface area contributed by atoms with Crippen molar-refractivity contribution in [2.75, 3.05) is 13.6 Å². The zero-order valence-electron chi connectivity index (χ0n) is 7.25. The number of hydrogen-bond donors (Lipinski definition) is 3. The summed E-state index contributed by atoms with van der Waals surface area (Å²) in [5, 5.41) is 21.0. The summed E-state index contributed by atoms with van der Waals surface area (Å²) in [6.07, 6.45) is 5.83. The van der Waals surface area contributed by atoms with Gasteiger partial charge in [0.15, 0.2) is 0 Å². The molecule has 1 rings (SSSR count). The molecule has 0 unspecified atom stereocenters. The lowest BCUT2D eigenvalue weighted by molar-refractivity contribution is 0.419. The molecule has 12 heavy (non-hydrogen) atoms. The van der Waals surface area contributed by atoms with E-state index in [1.807, 2.05) is 19.2 Å². The van der Waals surface area contributed by atoms with Gasteiger partial charge in [0.25, 0.3) is 0 Å². The van der Waals surface area contributed by atoms with Gasteiger partial charge >= 0.3 is 7.12 Å². The summed E-state index contributed by atoms with van der Waals surface area (Å²) in [6, 6.07) is 0. The normalized spacial score (nSPS) is 16.9. The Kier molecular flexibility index (Phi) is 3.53. The van der Waals surface area contributed by atoms with E-state index in [1.54, 1.807) is 0 Å². The highest BCUT2D eigenvalue weighted by Gasteiger charge is 2.19. The number of nitrogens with one attached hydrogen (secondary N) is 1. The van der Waals surface area contributed by atoms with Gasteiger partial charge in [-0.2, -0.15) is 0 Å². The Labute approximate surface area is 72.9 Å². The summed E-state index contributed by atoms with van der Waals surface area (Å²) in [4.78, 5) is 0. The van der Waals surface area contributed by atoms with Gasteiger partial charge in [-0.05, 0) is 30.9 Å². The van der Waals surface area contributed by atoms with Crippen molar-refractivity contribution >= 4 is 7.12 Å². The maximum Gasteiger partial charge on any atom is 0.488 e. The second kappa shape index (κ2) is 4.45. The molecule has 0 aromatic carbocycles. The molecule has 0 saturated carbocycles. The van der Waals surface area contributed by atoms with Crippen molar-refractivity contribution in [2.24, 2.45) is 0 Å². The van der Waals surface area contributed by atoms with Crippen LogP contribution in [0.1, 0.15) is 12.8 Å². The van der Waals surface area contributed by atoms with Crippen LogP contribution in [0.15, 0.2) is 23.2 Å². The third-order valence-electron chi connectivity index (χ3n) is 1.94. The van der Waals surface area contributed by atoms with Crippen molar-refractivity contribution in [1.29, 1.82) is 0 Å². The zero-order chi connectivity index (χ0) is 8.97. The lowest BCUT2D eigenvalue weighted by atomic mass is 9.72. The molecule has 0 fully saturated rings. The van der Waals surface area contributed by atoms with E-state index < -0.39 is 7.12 Å². The maximum absolute atomic E-state index is 8.99. The molecule has 0 aromatic rings. The molecule has 0 heterocycles. The molecule has 0 aliphatic heterocycles. The summed E-state index contributed by atoms with van der Waals surface area (Å²) in [5.74, 6) is 0. The second-order valence-corrected chi connectivity index (χ2v) is 2.87. The van der Waals surface area contributed by atoms with Gasteiger partial charge in [0, 0.05) is 6.54 Å². The first-order valence-corrected chi connectivity index (χ1v) is 4.16. The van der Waals surface area contributed by atoms with Crippen LogP contribution >= 0.6 is 0 Å². The summed E-state index contributed by atoms with van der Waals surface area (Å²) in [7, 11) is 0.515. The van der Waals surface area contributed by atoms with E-state index in [0.717, 1.165) is 18.4 Å². The number of rotatable bonds is 3. The van der Waals surface area contributed by atoms with Crippen LogP contribution in [0.25, 0.3) is 0 Å². The van der Waals surface area contributed by atoms with E-state index in [0.29, 0.717) is 12.0 Å². The molecule has 0 saturated heterocycles. The van der Waals surface area contributed by atoms with Crippen LogP contribution in [0.5, 0.6) is 0 Å². The van der Waals surface area contributed by atoms with Crippen LogP contribution in [0, 0.1) is 0 Å². The van der Waals surface area contributed by atoms with Crippen LogP contribution in [0.2, 0.25) is 0 Å². The fourth-order valence-electron chi connectivity index (χ4n) is 1.38. The monoisotopic (exact) mass is 167 g/mol. The van der Waals surface area contributed by atoms with Crippen LogP contribution in [0.3, 0.4) is 0 Å². The average Bonchev–Trinajstić information content (AvgIpc) is 2.05. The van der Waals surface area contributed by atoms with Gasteiger partial charge in [-0.1, -0.05) is 12.2 Å². The molecule has 0 radical (unpaired) electrons. The molecule has 3 N–H and O–H groups in total. The smallest absolute Gasteiger partial charge is 0.423 e. The Morgan fingerprint density at radius 2 is 2.08 bits per heavy atom. The van der Waals surface area contributed by atoms with Crippen LogP contribution in [-0.4, -0.2) is 30.8 Å². The molecule has 3 nitrogen and oxygen atoms in total. The van der Waals surface area contributed by atoms with E-state index in [1.165, 1.54) is 0 Å². The third-order valence-corrected chi connectivity index (χ3v) is 1.94. The predicted octanol–water partition coefficient (Wildman–Crippen LogP) is -0.136. The Morgan fingerprint density at radius 1 is 1.42 bits per heavy atom. The molecule has 0 atom stereocenters. The molecule has 1 aliphatic rings. The summed E-state index contributed by atoms with van der Waals surface area (Å²) in [6.45, 7) is 0.698. The molecule has 0 aromatic heterocycles. The fourth-order valence-corrected chi connectivity index (χ4v) is 1.38. The topological polar surface area (TPSA) is 52.5 Å². The number of likely N-dealkylation sites (N-methyl/N-ethyl adjacent to an activating group) is 1. The molecule has 1 aliphatic carbocycles. The van der Waals surface area contributed by atoms with E-state index in [4.69, 9.17) is 10.0 Å². The first kappa shape index (κ1) is 9.51. The van der Waals surface area contributed by atoms with Gasteiger partial charge in [-0.25, -0.2) is 0 Å². The van der Waals surface area contributed by atoms with E-state index in [9.17, 15) is 0 Å². The van der Waals surface area contributed by atoms with Crippen LogP contribution in [0.4, 0.5) is 0 Å². The van der Waals surface area contributed by atoms with Gasteiger partial charge in [0.05, 0.1) is 0 Å². The fraction of sp³-hybridized carbons (Fsp3) is 0.500. The first-order valence-electron chi connectivity index (χ1n) is 4.16. The highest BCUT2D eigenvalue weighted by Crippen LogP contribution is 2.18. The molecule has 66 valence electrons. The van der Waals surface area contributed by atoms with Gasteiger partial charge in [-0.15, -0.1) is 0 Å². The Balaban J connectivity index is 2.68. The molecule has 0 bridgehead atoms. The second-order valence-electron chi connectivity index (χ2n) is 2.87. The molecular formula is C8H14BNO2. The molecular weight excluding hydrogens is 153 g/mol. The van der Waals surface area contributed by atoms with E-state index in [-0.39, 0.29) is 0 Å². The van der Waals surface area contributed by atoms with Crippen LogP contribution < -0.4 is 5.32 Å². The van der Waals surface area contributed by atoms with Crippen molar-refractivity contribution in [3.05, 3.63) is 23.2 Å². The Hall–Kier alpha value is -0.575. The third kappa shape index (κ3) is 2.20. The van der Waals surface area contributed by atoms with Gasteiger partial charge in [-0.3, -0.25) is 0 Å². The van der Waals surface area contributed by atoms with Crippen molar-refractivity contribution in [2.45, 2.75) is 12.8 Å². The van der Waals surface area contributed by atoms with E-state index >= 15 is 0 Å². The highest BCUT2D eigenvalue weighted by molar-refractivity contribution is 6.52. The minimum Gasteiger partial charge on any atom is -0.423 e. The minimum absolute atomic E-state index is 0.649. The highest BCUT2D eigenvalue weighted by atomic mass is 16.4. The lowest BCUT2D eigenvalue weighted by Gasteiger charge is -2.14. The van der Waals surface area contributed by atoms with E-state index in [2.05, 4.69) is 5.32 Å². The predicted molar refractivity (Wildman–Crippen MR) is 49.5 cm³/mol. The SMILES string of the molecule is CNCC1=CCCC=C1B(O)O. The van der Waals surface area contributed by atoms with Crippen molar-refractivity contribution in [3.63, 3.8) is 0 Å². The lowest BCUT2D eigenvalue weighted by Crippen LogP contribution is -2.23. The van der Waals surface area contributed by atoms with Crippen molar-refractivity contribution in [1.82, 2.24) is 5.32 Å². The average molecular weight is 167 g/mol. The van der Waals surface area contributed by atoms with Crippen LogP contribution in [-0.2, 0) is 0 Å². The quantitative estimate of drug-likeness (QED) is 0.513. The minimum atomic E-state index is -1.33. The standard InChI is InChI=1S/C8H14BNO2/c1-10-6-7-4-2-3-5-8(7)9(11)12/h4-5,10-12H,2-3,6H2,1H3. The number of allylic oxidation sites excluding steroid dienone is 2. The zero-order valence-corrected chi connectivity index (χ0v) is 7.25.